The maximum absolute atomic E-state index is 13.0. The minimum absolute atomic E-state index is 0.0462. The molecule has 0 saturated heterocycles. The van der Waals surface area contributed by atoms with Gasteiger partial charge in [0, 0.05) is 12.3 Å². The number of nitrogens with zero attached hydrogens (tertiary/aromatic N) is 2. The van der Waals surface area contributed by atoms with Crippen molar-refractivity contribution < 1.29 is 12.8 Å². The molecule has 0 atom stereocenters. The molecule has 30 heavy (non-hydrogen) atoms. The van der Waals surface area contributed by atoms with Gasteiger partial charge in [0.15, 0.2) is 15.0 Å². The molecule has 160 valence electrons. The molecular weight excluding hydrogens is 423 g/mol. The van der Waals surface area contributed by atoms with Gasteiger partial charge < -0.3 is 0 Å². The molecule has 0 fully saturated rings. The van der Waals surface area contributed by atoms with Crippen LogP contribution in [0, 0.1) is 11.7 Å². The van der Waals surface area contributed by atoms with Gasteiger partial charge in [-0.25, -0.2) is 17.8 Å². The number of sulfone groups is 1. The average molecular weight is 449 g/mol. The van der Waals surface area contributed by atoms with Crippen LogP contribution in [0.25, 0.3) is 10.9 Å². The summed E-state index contributed by atoms with van der Waals surface area (Å²) in [6.07, 6.45) is 1.25. The predicted molar refractivity (Wildman–Crippen MR) is 119 cm³/mol. The van der Waals surface area contributed by atoms with Crippen molar-refractivity contribution in [1.82, 2.24) is 9.55 Å². The maximum atomic E-state index is 13.0. The van der Waals surface area contributed by atoms with E-state index in [0.717, 1.165) is 18.6 Å². The standard InChI is InChI=1S/C22H25FN2O3S2/c1-16(2)12-13-25-21(26)19-6-3-4-7-20(19)24-22(25)29-14-5-15-30(27,28)18-10-8-17(23)9-11-18/h3-4,6-11,16H,5,12-15H2,1-2H3. The number of hydrogen-bond acceptors (Lipinski definition) is 5. The van der Waals surface area contributed by atoms with E-state index in [-0.39, 0.29) is 16.2 Å². The Balaban J connectivity index is 1.74. The first-order valence-electron chi connectivity index (χ1n) is 9.88. The first-order chi connectivity index (χ1) is 14.3. The summed E-state index contributed by atoms with van der Waals surface area (Å²) in [6.45, 7) is 4.78. The van der Waals surface area contributed by atoms with Crippen molar-refractivity contribution in [2.75, 3.05) is 11.5 Å². The van der Waals surface area contributed by atoms with Gasteiger partial charge in [-0.05, 0) is 55.2 Å². The fourth-order valence-corrected chi connectivity index (χ4v) is 5.47. The van der Waals surface area contributed by atoms with E-state index in [1.807, 2.05) is 18.2 Å². The van der Waals surface area contributed by atoms with Gasteiger partial charge in [0.25, 0.3) is 5.56 Å². The lowest BCUT2D eigenvalue weighted by Gasteiger charge is -2.14. The molecule has 0 aliphatic carbocycles. The largest absolute Gasteiger partial charge is 0.287 e. The van der Waals surface area contributed by atoms with E-state index in [0.29, 0.717) is 40.7 Å². The maximum Gasteiger partial charge on any atom is 0.262 e. The highest BCUT2D eigenvalue weighted by molar-refractivity contribution is 7.99. The fraction of sp³-hybridized carbons (Fsp3) is 0.364. The summed E-state index contributed by atoms with van der Waals surface area (Å²) in [4.78, 5) is 17.7. The van der Waals surface area contributed by atoms with Crippen molar-refractivity contribution in [1.29, 1.82) is 0 Å². The molecule has 1 heterocycles. The number of aromatic nitrogens is 2. The number of thioether (sulfide) groups is 1. The van der Waals surface area contributed by atoms with E-state index >= 15 is 0 Å². The van der Waals surface area contributed by atoms with Crippen LogP contribution in [0.15, 0.2) is 63.4 Å². The van der Waals surface area contributed by atoms with Crippen LogP contribution in [0.4, 0.5) is 4.39 Å². The van der Waals surface area contributed by atoms with Crippen molar-refractivity contribution in [3.8, 4) is 0 Å². The monoisotopic (exact) mass is 448 g/mol. The van der Waals surface area contributed by atoms with Crippen LogP contribution < -0.4 is 5.56 Å². The quantitative estimate of drug-likeness (QED) is 0.208. The topological polar surface area (TPSA) is 69.0 Å². The molecule has 3 rings (SSSR count). The van der Waals surface area contributed by atoms with E-state index in [1.54, 1.807) is 10.6 Å². The van der Waals surface area contributed by atoms with Crippen molar-refractivity contribution in [3.05, 3.63) is 64.7 Å². The summed E-state index contributed by atoms with van der Waals surface area (Å²) in [6, 6.07) is 12.1. The van der Waals surface area contributed by atoms with Crippen LogP contribution >= 0.6 is 11.8 Å². The van der Waals surface area contributed by atoms with E-state index in [4.69, 9.17) is 0 Å². The number of benzene rings is 2. The molecule has 0 N–H and O–H groups in total. The van der Waals surface area contributed by atoms with Gasteiger partial charge in [-0.15, -0.1) is 0 Å². The van der Waals surface area contributed by atoms with Gasteiger partial charge in [0.1, 0.15) is 5.82 Å². The van der Waals surface area contributed by atoms with Crippen LogP contribution in [0.5, 0.6) is 0 Å². The Morgan fingerprint density at radius 1 is 1.10 bits per heavy atom. The number of para-hydroxylation sites is 1. The van der Waals surface area contributed by atoms with Crippen molar-refractivity contribution in [2.24, 2.45) is 5.92 Å². The van der Waals surface area contributed by atoms with Gasteiger partial charge >= 0.3 is 0 Å². The Bertz CT molecular complexity index is 1170. The third kappa shape index (κ3) is 5.49. The Labute approximate surface area is 180 Å². The lowest BCUT2D eigenvalue weighted by molar-refractivity contribution is 0.481. The van der Waals surface area contributed by atoms with Crippen molar-refractivity contribution in [3.63, 3.8) is 0 Å². The van der Waals surface area contributed by atoms with Gasteiger partial charge in [-0.2, -0.15) is 0 Å². The minimum Gasteiger partial charge on any atom is -0.287 e. The lowest BCUT2D eigenvalue weighted by atomic mass is 10.1. The Morgan fingerprint density at radius 2 is 1.80 bits per heavy atom. The smallest absolute Gasteiger partial charge is 0.262 e. The number of rotatable bonds is 9. The van der Waals surface area contributed by atoms with E-state index in [1.165, 1.54) is 23.9 Å². The molecule has 1 aromatic heterocycles. The first-order valence-corrected chi connectivity index (χ1v) is 12.5. The molecule has 0 bridgehead atoms. The second kappa shape index (κ2) is 9.75. The van der Waals surface area contributed by atoms with Gasteiger partial charge in [-0.1, -0.05) is 37.7 Å². The van der Waals surface area contributed by atoms with E-state index < -0.39 is 15.7 Å². The number of hydrogen-bond donors (Lipinski definition) is 0. The zero-order chi connectivity index (χ0) is 21.7. The van der Waals surface area contributed by atoms with Crippen molar-refractivity contribution >= 4 is 32.5 Å². The van der Waals surface area contributed by atoms with Crippen LogP contribution in [-0.4, -0.2) is 29.5 Å². The summed E-state index contributed by atoms with van der Waals surface area (Å²) in [7, 11) is -3.47. The Kier molecular flexibility index (Phi) is 7.31. The number of halogens is 1. The highest BCUT2D eigenvalue weighted by Crippen LogP contribution is 2.21. The molecule has 0 aliphatic heterocycles. The molecule has 0 spiro atoms. The molecule has 2 aromatic carbocycles. The molecule has 0 saturated carbocycles. The minimum atomic E-state index is -3.47. The van der Waals surface area contributed by atoms with Crippen LogP contribution in [-0.2, 0) is 16.4 Å². The predicted octanol–water partition coefficient (Wildman–Crippen LogP) is 4.54. The van der Waals surface area contributed by atoms with Gasteiger partial charge in [0.2, 0.25) is 0 Å². The van der Waals surface area contributed by atoms with Gasteiger partial charge in [0.05, 0.1) is 21.6 Å². The van der Waals surface area contributed by atoms with Crippen LogP contribution in [0.1, 0.15) is 26.7 Å². The zero-order valence-corrected chi connectivity index (χ0v) is 18.7. The highest BCUT2D eigenvalue weighted by Gasteiger charge is 2.16. The fourth-order valence-electron chi connectivity index (χ4n) is 3.01. The summed E-state index contributed by atoms with van der Waals surface area (Å²) in [5.74, 6) is 0.441. The third-order valence-corrected chi connectivity index (χ3v) is 7.60. The normalized spacial score (nSPS) is 12.0. The second-order valence-corrected chi connectivity index (χ2v) is 10.7. The van der Waals surface area contributed by atoms with E-state index in [2.05, 4.69) is 18.8 Å². The summed E-state index contributed by atoms with van der Waals surface area (Å²) < 4.78 is 39.6. The second-order valence-electron chi connectivity index (χ2n) is 7.53. The lowest BCUT2D eigenvalue weighted by Crippen LogP contribution is -2.24. The summed E-state index contributed by atoms with van der Waals surface area (Å²) >= 11 is 1.39. The van der Waals surface area contributed by atoms with Gasteiger partial charge in [-0.3, -0.25) is 9.36 Å². The zero-order valence-electron chi connectivity index (χ0n) is 17.0. The highest BCUT2D eigenvalue weighted by atomic mass is 32.2. The van der Waals surface area contributed by atoms with Crippen LogP contribution in [0.3, 0.4) is 0 Å². The summed E-state index contributed by atoms with van der Waals surface area (Å²) in [5.41, 5.74) is 0.576. The number of fused-ring (bicyclic) bond motifs is 1. The third-order valence-electron chi connectivity index (χ3n) is 4.72. The molecule has 0 aliphatic rings. The van der Waals surface area contributed by atoms with E-state index in [9.17, 15) is 17.6 Å². The Hall–Kier alpha value is -2.19. The Morgan fingerprint density at radius 3 is 2.50 bits per heavy atom. The molecule has 5 nitrogen and oxygen atoms in total. The SMILES string of the molecule is CC(C)CCn1c(SCCCS(=O)(=O)c2ccc(F)cc2)nc2ccccc2c1=O. The molecule has 0 radical (unpaired) electrons. The average Bonchev–Trinajstić information content (AvgIpc) is 2.71. The first kappa shape index (κ1) is 22.5. The molecule has 0 amide bonds. The molecular formula is C22H25FN2O3S2. The summed E-state index contributed by atoms with van der Waals surface area (Å²) in [5, 5.41) is 1.20. The molecule has 8 heteroatoms. The van der Waals surface area contributed by atoms with Crippen molar-refractivity contribution in [2.45, 2.75) is 43.3 Å². The molecule has 3 aromatic rings. The molecule has 0 unspecified atom stereocenters. The van der Waals surface area contributed by atoms with Crippen LogP contribution in [0.2, 0.25) is 0 Å².